The van der Waals surface area contributed by atoms with Gasteiger partial charge >= 0.3 is 17.9 Å². The Morgan fingerprint density at radius 1 is 0.771 bits per heavy atom. The van der Waals surface area contributed by atoms with Crippen molar-refractivity contribution >= 4 is 23.8 Å². The molecular formula is C40H61NO7. The number of esters is 1. The zero-order valence-electron chi connectivity index (χ0n) is 30.7. The largest absolute Gasteiger partial charge is 0.481 e. The van der Waals surface area contributed by atoms with E-state index in [1.54, 1.807) is 0 Å². The van der Waals surface area contributed by atoms with Gasteiger partial charge in [0.05, 0.1) is 17.3 Å². The van der Waals surface area contributed by atoms with E-state index in [9.17, 15) is 29.4 Å². The van der Waals surface area contributed by atoms with Crippen LogP contribution in [0.3, 0.4) is 0 Å². The number of carbonyl (C=O) groups excluding carboxylic acids is 2. The highest BCUT2D eigenvalue weighted by molar-refractivity contribution is 5.87. The first-order valence-corrected chi connectivity index (χ1v) is 18.8. The van der Waals surface area contributed by atoms with Gasteiger partial charge in [-0.1, -0.05) is 60.6 Å². The van der Waals surface area contributed by atoms with Crippen molar-refractivity contribution in [1.29, 1.82) is 0 Å². The summed E-state index contributed by atoms with van der Waals surface area (Å²) in [6.07, 6.45) is 9.87. The van der Waals surface area contributed by atoms with Gasteiger partial charge in [-0.15, -0.1) is 0 Å². The second-order valence-corrected chi connectivity index (χ2v) is 19.2. The van der Waals surface area contributed by atoms with Crippen molar-refractivity contribution in [3.05, 3.63) is 12.2 Å². The Balaban J connectivity index is 1.25. The number of hydrogen-bond donors (Lipinski definition) is 3. The highest BCUT2D eigenvalue weighted by Gasteiger charge is 2.72. The quantitative estimate of drug-likeness (QED) is 0.189. The molecule has 48 heavy (non-hydrogen) atoms. The number of hydrogen-bond acceptors (Lipinski definition) is 5. The summed E-state index contributed by atoms with van der Waals surface area (Å²) >= 11 is 0. The van der Waals surface area contributed by atoms with Gasteiger partial charge in [0.25, 0.3) is 0 Å². The molecule has 1 amide bonds. The lowest BCUT2D eigenvalue weighted by Crippen LogP contribution is -2.67. The fourth-order valence-corrected chi connectivity index (χ4v) is 14.0. The Bertz CT molecular complexity index is 1400. The van der Waals surface area contributed by atoms with Gasteiger partial charge in [-0.2, -0.15) is 0 Å². The Kier molecular flexibility index (Phi) is 8.36. The number of carboxylic acids is 2. The van der Waals surface area contributed by atoms with Crippen LogP contribution in [0.1, 0.15) is 126 Å². The van der Waals surface area contributed by atoms with Crippen molar-refractivity contribution in [3.8, 4) is 0 Å². The molecule has 0 radical (unpaired) electrons. The summed E-state index contributed by atoms with van der Waals surface area (Å²) in [5.74, 6) is -1.29. The Labute approximate surface area is 287 Å². The molecule has 0 saturated heterocycles. The maximum absolute atomic E-state index is 13.9. The minimum absolute atomic E-state index is 0.0487. The van der Waals surface area contributed by atoms with Crippen LogP contribution in [-0.2, 0) is 23.9 Å². The summed E-state index contributed by atoms with van der Waals surface area (Å²) in [4.78, 5) is 50.6. The van der Waals surface area contributed by atoms with E-state index in [2.05, 4.69) is 53.4 Å². The summed E-state index contributed by atoms with van der Waals surface area (Å²) in [7, 11) is 0. The van der Waals surface area contributed by atoms with Crippen LogP contribution < -0.4 is 5.32 Å². The second kappa shape index (κ2) is 11.3. The summed E-state index contributed by atoms with van der Waals surface area (Å²) in [6.45, 7) is 22.2. The van der Waals surface area contributed by atoms with Crippen LogP contribution in [-0.4, -0.2) is 46.7 Å². The van der Waals surface area contributed by atoms with Gasteiger partial charge in [0, 0.05) is 5.41 Å². The molecule has 0 spiro atoms. The fraction of sp³-hybridized carbons (Fsp3) is 0.850. The molecule has 268 valence electrons. The first-order valence-electron chi connectivity index (χ1n) is 18.8. The number of amides is 1. The van der Waals surface area contributed by atoms with E-state index < -0.39 is 28.7 Å². The van der Waals surface area contributed by atoms with Gasteiger partial charge in [-0.05, 0) is 129 Å². The smallest absolute Gasteiger partial charge is 0.322 e. The molecule has 8 nitrogen and oxygen atoms in total. The molecule has 0 heterocycles. The number of ether oxygens (including phenoxy) is 1. The highest BCUT2D eigenvalue weighted by atomic mass is 16.5. The van der Waals surface area contributed by atoms with Crippen LogP contribution in [0.2, 0.25) is 0 Å². The van der Waals surface area contributed by atoms with E-state index in [0.29, 0.717) is 24.2 Å². The van der Waals surface area contributed by atoms with Gasteiger partial charge in [-0.25, -0.2) is 0 Å². The zero-order chi connectivity index (χ0) is 35.4. The molecule has 6 fully saturated rings. The maximum atomic E-state index is 13.9. The maximum Gasteiger partial charge on any atom is 0.322 e. The Morgan fingerprint density at radius 3 is 2.06 bits per heavy atom. The van der Waals surface area contributed by atoms with Crippen LogP contribution in [0.5, 0.6) is 0 Å². The third-order valence-electron chi connectivity index (χ3n) is 17.0. The van der Waals surface area contributed by atoms with E-state index in [1.165, 1.54) is 0 Å². The standard InChI is InChI=1S/C40H61NO7/c1-22(2)23-12-17-40(34(47)41-21-30(42)43)19-18-38(8)24(31(23)40)10-11-28-37(7)15-14-29(36(5,6)27(37)13-16-39(28,38)9)48-33(46)26-20-25(32(44)45)35(26,3)4/h23-29,31H,1,10-21H2,2-9H3,(H,41,47)(H,42,43)(H,44,45). The van der Waals surface area contributed by atoms with Crippen LogP contribution in [0.25, 0.3) is 0 Å². The van der Waals surface area contributed by atoms with Crippen LogP contribution in [0.15, 0.2) is 12.2 Å². The monoisotopic (exact) mass is 667 g/mol. The lowest BCUT2D eigenvalue weighted by molar-refractivity contribution is -0.250. The lowest BCUT2D eigenvalue weighted by Gasteiger charge is -2.73. The number of allylic oxidation sites excluding steroid dienone is 1. The number of carbonyl (C=O) groups is 4. The highest BCUT2D eigenvalue weighted by Crippen LogP contribution is 2.77. The summed E-state index contributed by atoms with van der Waals surface area (Å²) in [6, 6.07) is 0. The van der Waals surface area contributed by atoms with Gasteiger partial charge in [0.1, 0.15) is 12.6 Å². The minimum atomic E-state index is -1.00. The molecule has 3 N–H and O–H groups in total. The molecule has 6 aliphatic rings. The summed E-state index contributed by atoms with van der Waals surface area (Å²) < 4.78 is 6.37. The molecule has 8 heteroatoms. The topological polar surface area (TPSA) is 130 Å². The zero-order valence-corrected chi connectivity index (χ0v) is 30.7. The molecule has 6 rings (SSSR count). The predicted molar refractivity (Wildman–Crippen MR) is 183 cm³/mol. The number of fused-ring (bicyclic) bond motifs is 7. The molecule has 6 saturated carbocycles. The molecular weight excluding hydrogens is 606 g/mol. The predicted octanol–water partition coefficient (Wildman–Crippen LogP) is 7.50. The lowest BCUT2D eigenvalue weighted by atomic mass is 9.32. The van der Waals surface area contributed by atoms with Crippen LogP contribution in [0, 0.1) is 73.9 Å². The number of rotatable bonds is 7. The van der Waals surface area contributed by atoms with E-state index in [1.807, 2.05) is 13.8 Å². The Morgan fingerprint density at radius 2 is 1.46 bits per heavy atom. The normalized spacial score (nSPS) is 46.8. The summed E-state index contributed by atoms with van der Waals surface area (Å²) in [5.41, 5.74) is 0.0434. The molecule has 0 aromatic heterocycles. The van der Waals surface area contributed by atoms with E-state index in [-0.39, 0.29) is 63.9 Å². The molecule has 0 aromatic carbocycles. The summed E-state index contributed by atoms with van der Waals surface area (Å²) in [5, 5.41) is 21.8. The third-order valence-corrected chi connectivity index (χ3v) is 17.0. The van der Waals surface area contributed by atoms with Crippen LogP contribution in [0.4, 0.5) is 0 Å². The van der Waals surface area contributed by atoms with Crippen molar-refractivity contribution in [2.45, 2.75) is 132 Å². The van der Waals surface area contributed by atoms with E-state index in [0.717, 1.165) is 69.8 Å². The first-order chi connectivity index (χ1) is 22.2. The van der Waals surface area contributed by atoms with Crippen molar-refractivity contribution in [2.24, 2.45) is 73.9 Å². The third kappa shape index (κ3) is 4.72. The van der Waals surface area contributed by atoms with E-state index >= 15 is 0 Å². The average Bonchev–Trinajstić information content (AvgIpc) is 3.38. The average molecular weight is 668 g/mol. The van der Waals surface area contributed by atoms with Crippen molar-refractivity contribution in [1.82, 2.24) is 5.32 Å². The molecule has 12 unspecified atom stereocenters. The molecule has 12 atom stereocenters. The van der Waals surface area contributed by atoms with Crippen molar-refractivity contribution in [3.63, 3.8) is 0 Å². The number of aliphatic carboxylic acids is 2. The molecule has 0 bridgehead atoms. The van der Waals surface area contributed by atoms with Crippen LogP contribution >= 0.6 is 0 Å². The van der Waals surface area contributed by atoms with Gasteiger partial charge < -0.3 is 20.3 Å². The first kappa shape index (κ1) is 35.4. The molecule has 0 aliphatic heterocycles. The van der Waals surface area contributed by atoms with Crippen molar-refractivity contribution in [2.75, 3.05) is 6.54 Å². The van der Waals surface area contributed by atoms with Gasteiger partial charge in [-0.3, -0.25) is 19.2 Å². The number of nitrogens with one attached hydrogen (secondary N) is 1. The Hall–Kier alpha value is -2.38. The minimum Gasteiger partial charge on any atom is -0.481 e. The SMILES string of the molecule is C=C(C)C1CCC2(C(=O)NCC(=O)O)CCC3(C)C(CCC4C5(C)CCC(OC(=O)C6CC(C(=O)O)C6(C)C)C(C)(C)C5CCC43C)C12. The van der Waals surface area contributed by atoms with Gasteiger partial charge in [0.2, 0.25) is 5.91 Å². The van der Waals surface area contributed by atoms with E-state index in [4.69, 9.17) is 4.74 Å². The van der Waals surface area contributed by atoms with Crippen molar-refractivity contribution < 1.29 is 34.1 Å². The van der Waals surface area contributed by atoms with Gasteiger partial charge in [0.15, 0.2) is 0 Å². The second-order valence-electron chi connectivity index (χ2n) is 19.2. The fourth-order valence-electron chi connectivity index (χ4n) is 14.0. The number of carboxylic acid groups (broad SMARTS) is 2. The molecule has 0 aromatic rings. The molecule has 6 aliphatic carbocycles.